The van der Waals surface area contributed by atoms with Crippen LogP contribution in [0.25, 0.3) is 0 Å². The molecule has 0 radical (unpaired) electrons. The van der Waals surface area contributed by atoms with E-state index in [-0.39, 0.29) is 18.6 Å². The number of hydrogen-bond donors (Lipinski definition) is 2. The van der Waals surface area contributed by atoms with E-state index in [9.17, 15) is 13.2 Å². The van der Waals surface area contributed by atoms with Gasteiger partial charge in [0.1, 0.15) is 5.75 Å². The number of carboxylic acid groups (broad SMARTS) is 1. The summed E-state index contributed by atoms with van der Waals surface area (Å²) in [5.41, 5.74) is 0.393. The normalized spacial score (nSPS) is 10.9. The van der Waals surface area contributed by atoms with Crippen molar-refractivity contribution in [1.29, 1.82) is 0 Å². The van der Waals surface area contributed by atoms with Crippen LogP contribution < -0.4 is 9.46 Å². The number of anilines is 1. The van der Waals surface area contributed by atoms with Gasteiger partial charge in [-0.1, -0.05) is 6.07 Å². The van der Waals surface area contributed by atoms with E-state index in [0.29, 0.717) is 11.4 Å². The summed E-state index contributed by atoms with van der Waals surface area (Å²) in [6.45, 7) is 0. The predicted molar refractivity (Wildman–Crippen MR) is 67.3 cm³/mol. The SMILES string of the molecule is COc1cccc(NS(=O)(=O)CCCC(=O)O)c1. The summed E-state index contributed by atoms with van der Waals surface area (Å²) in [7, 11) is -2.04. The minimum Gasteiger partial charge on any atom is -0.497 e. The van der Waals surface area contributed by atoms with Crippen molar-refractivity contribution in [1.82, 2.24) is 0 Å². The Labute approximate surface area is 106 Å². The first-order chi connectivity index (χ1) is 8.43. The second-order valence-electron chi connectivity index (χ2n) is 3.65. The Bertz CT molecular complexity index is 512. The fraction of sp³-hybridized carbons (Fsp3) is 0.364. The quantitative estimate of drug-likeness (QED) is 0.781. The van der Waals surface area contributed by atoms with E-state index >= 15 is 0 Å². The molecule has 0 fully saturated rings. The lowest BCUT2D eigenvalue weighted by atomic mass is 10.3. The molecule has 1 aromatic rings. The summed E-state index contributed by atoms with van der Waals surface area (Å²) in [5.74, 6) is -0.691. The third-order valence-electron chi connectivity index (χ3n) is 2.15. The molecule has 0 aliphatic rings. The standard InChI is InChI=1S/C11H15NO5S/c1-17-10-5-2-4-9(8-10)12-18(15,16)7-3-6-11(13)14/h2,4-5,8,12H,3,6-7H2,1H3,(H,13,14). The van der Waals surface area contributed by atoms with Crippen molar-refractivity contribution in [2.24, 2.45) is 0 Å². The largest absolute Gasteiger partial charge is 0.497 e. The van der Waals surface area contributed by atoms with Crippen LogP contribution in [0.4, 0.5) is 5.69 Å². The number of aliphatic carboxylic acids is 1. The third-order valence-corrected chi connectivity index (χ3v) is 3.52. The maximum Gasteiger partial charge on any atom is 0.303 e. The Balaban J connectivity index is 2.61. The van der Waals surface area contributed by atoms with E-state index in [2.05, 4.69) is 4.72 Å². The fourth-order valence-electron chi connectivity index (χ4n) is 1.33. The second kappa shape index (κ2) is 6.25. The number of benzene rings is 1. The van der Waals surface area contributed by atoms with E-state index in [1.165, 1.54) is 7.11 Å². The van der Waals surface area contributed by atoms with Gasteiger partial charge >= 0.3 is 5.97 Å². The maximum atomic E-state index is 11.6. The first-order valence-electron chi connectivity index (χ1n) is 5.29. The molecule has 0 saturated carbocycles. The van der Waals surface area contributed by atoms with Gasteiger partial charge in [-0.2, -0.15) is 0 Å². The van der Waals surface area contributed by atoms with Gasteiger partial charge in [-0.15, -0.1) is 0 Å². The molecule has 0 saturated heterocycles. The van der Waals surface area contributed by atoms with Crippen molar-refractivity contribution < 1.29 is 23.1 Å². The van der Waals surface area contributed by atoms with Crippen LogP contribution in [0.1, 0.15) is 12.8 Å². The fourth-order valence-corrected chi connectivity index (χ4v) is 2.44. The van der Waals surface area contributed by atoms with Gasteiger partial charge in [-0.25, -0.2) is 8.42 Å². The van der Waals surface area contributed by atoms with E-state index in [1.807, 2.05) is 0 Å². The number of methoxy groups -OCH3 is 1. The number of rotatable bonds is 7. The first kappa shape index (κ1) is 14.3. The van der Waals surface area contributed by atoms with Crippen molar-refractivity contribution in [2.75, 3.05) is 17.6 Å². The average Bonchev–Trinajstić information content (AvgIpc) is 2.27. The molecule has 0 aliphatic heterocycles. The number of carboxylic acids is 1. The Hall–Kier alpha value is -1.76. The summed E-state index contributed by atoms with van der Waals surface area (Å²) in [5, 5.41) is 8.44. The molecule has 0 amide bonds. The molecular weight excluding hydrogens is 258 g/mol. The summed E-state index contributed by atoms with van der Waals surface area (Å²) < 4.78 is 30.6. The molecule has 2 N–H and O–H groups in total. The highest BCUT2D eigenvalue weighted by atomic mass is 32.2. The summed E-state index contributed by atoms with van der Waals surface area (Å²) in [6, 6.07) is 6.50. The van der Waals surface area contributed by atoms with Gasteiger partial charge in [-0.3, -0.25) is 9.52 Å². The van der Waals surface area contributed by atoms with Crippen molar-refractivity contribution in [3.63, 3.8) is 0 Å². The molecule has 100 valence electrons. The van der Waals surface area contributed by atoms with Crippen LogP contribution in [0.5, 0.6) is 5.75 Å². The van der Waals surface area contributed by atoms with Gasteiger partial charge in [-0.05, 0) is 18.6 Å². The van der Waals surface area contributed by atoms with Gasteiger partial charge in [0.05, 0.1) is 18.6 Å². The van der Waals surface area contributed by atoms with Crippen molar-refractivity contribution >= 4 is 21.7 Å². The first-order valence-corrected chi connectivity index (χ1v) is 6.94. The second-order valence-corrected chi connectivity index (χ2v) is 5.49. The molecule has 0 aromatic heterocycles. The van der Waals surface area contributed by atoms with Crippen LogP contribution in [0, 0.1) is 0 Å². The van der Waals surface area contributed by atoms with Crippen LogP contribution >= 0.6 is 0 Å². The van der Waals surface area contributed by atoms with Crippen molar-refractivity contribution in [2.45, 2.75) is 12.8 Å². The summed E-state index contributed by atoms with van der Waals surface area (Å²) >= 11 is 0. The Morgan fingerprint density at radius 2 is 2.17 bits per heavy atom. The van der Waals surface area contributed by atoms with Gasteiger partial charge in [0, 0.05) is 12.5 Å². The Morgan fingerprint density at radius 3 is 2.78 bits per heavy atom. The third kappa shape index (κ3) is 5.05. The van der Waals surface area contributed by atoms with E-state index in [4.69, 9.17) is 9.84 Å². The summed E-state index contributed by atoms with van der Waals surface area (Å²) in [4.78, 5) is 10.3. The lowest BCUT2D eigenvalue weighted by Gasteiger charge is -2.08. The van der Waals surface area contributed by atoms with Crippen LogP contribution in [-0.4, -0.2) is 32.4 Å². The maximum absolute atomic E-state index is 11.6. The topological polar surface area (TPSA) is 92.7 Å². The summed E-state index contributed by atoms with van der Waals surface area (Å²) in [6.07, 6.45) is -0.0896. The molecule has 7 heteroatoms. The molecule has 6 nitrogen and oxygen atoms in total. The Morgan fingerprint density at radius 1 is 1.44 bits per heavy atom. The van der Waals surface area contributed by atoms with E-state index in [1.54, 1.807) is 24.3 Å². The van der Waals surface area contributed by atoms with Crippen LogP contribution in [0.15, 0.2) is 24.3 Å². The molecule has 18 heavy (non-hydrogen) atoms. The average molecular weight is 273 g/mol. The van der Waals surface area contributed by atoms with Crippen molar-refractivity contribution in [3.05, 3.63) is 24.3 Å². The molecular formula is C11H15NO5S. The van der Waals surface area contributed by atoms with Gasteiger partial charge in [0.15, 0.2) is 0 Å². The van der Waals surface area contributed by atoms with E-state index < -0.39 is 16.0 Å². The predicted octanol–water partition coefficient (Wildman–Crippen LogP) is 1.30. The van der Waals surface area contributed by atoms with Crippen molar-refractivity contribution in [3.8, 4) is 5.75 Å². The molecule has 0 spiro atoms. The minimum absolute atomic E-state index is 0.0780. The number of ether oxygens (including phenoxy) is 1. The lowest BCUT2D eigenvalue weighted by molar-refractivity contribution is -0.137. The molecule has 0 bridgehead atoms. The highest BCUT2D eigenvalue weighted by molar-refractivity contribution is 7.92. The van der Waals surface area contributed by atoms with Crippen LogP contribution in [0.3, 0.4) is 0 Å². The smallest absolute Gasteiger partial charge is 0.303 e. The number of nitrogens with one attached hydrogen (secondary N) is 1. The zero-order valence-electron chi connectivity index (χ0n) is 9.92. The zero-order chi connectivity index (χ0) is 13.6. The number of carbonyl (C=O) groups is 1. The lowest BCUT2D eigenvalue weighted by Crippen LogP contribution is -2.17. The zero-order valence-corrected chi connectivity index (χ0v) is 10.7. The van der Waals surface area contributed by atoms with Crippen LogP contribution in [0.2, 0.25) is 0 Å². The number of sulfonamides is 1. The molecule has 1 aromatic carbocycles. The van der Waals surface area contributed by atoms with E-state index in [0.717, 1.165) is 0 Å². The monoisotopic (exact) mass is 273 g/mol. The molecule has 0 aliphatic carbocycles. The highest BCUT2D eigenvalue weighted by Gasteiger charge is 2.11. The van der Waals surface area contributed by atoms with Gasteiger partial charge < -0.3 is 9.84 Å². The molecule has 0 unspecified atom stereocenters. The van der Waals surface area contributed by atoms with Gasteiger partial charge in [0.2, 0.25) is 10.0 Å². The number of hydrogen-bond acceptors (Lipinski definition) is 4. The van der Waals surface area contributed by atoms with Gasteiger partial charge in [0.25, 0.3) is 0 Å². The highest BCUT2D eigenvalue weighted by Crippen LogP contribution is 2.18. The molecule has 0 heterocycles. The minimum atomic E-state index is -3.52. The molecule has 1 rings (SSSR count). The Kier molecular flexibility index (Phi) is 4.96. The van der Waals surface area contributed by atoms with Crippen LogP contribution in [-0.2, 0) is 14.8 Å². The molecule has 0 atom stereocenters.